The zero-order chi connectivity index (χ0) is 19.9. The van der Waals surface area contributed by atoms with E-state index >= 15 is 0 Å². The maximum atomic E-state index is 6.14. The molecule has 30 heavy (non-hydrogen) atoms. The molecular weight excluding hydrogens is 491 g/mol. The fraction of sp³-hybridized carbons (Fsp3) is 0.217. The fourth-order valence-electron chi connectivity index (χ4n) is 3.27. The average Bonchev–Trinajstić information content (AvgIpc) is 2.78. The molecule has 4 rings (SSSR count). The zero-order valence-electron chi connectivity index (χ0n) is 16.5. The fourth-order valence-corrected chi connectivity index (χ4v) is 3.27. The molecule has 3 N–H and O–H groups in total. The van der Waals surface area contributed by atoms with Gasteiger partial charge in [0.05, 0.1) is 24.9 Å². The Morgan fingerprint density at radius 2 is 2.00 bits per heavy atom. The topological polar surface area (TPSA) is 81.8 Å². The number of fused-ring (bicyclic) bond motifs is 1. The molecule has 0 spiro atoms. The van der Waals surface area contributed by atoms with E-state index in [1.165, 1.54) is 0 Å². The van der Waals surface area contributed by atoms with Crippen LogP contribution in [0.4, 0.5) is 0 Å². The van der Waals surface area contributed by atoms with E-state index in [9.17, 15) is 0 Å². The van der Waals surface area contributed by atoms with Crippen molar-refractivity contribution in [1.82, 2.24) is 10.3 Å². The number of para-hydroxylation sites is 1. The number of hydrogen-bond donors (Lipinski definition) is 2. The number of rotatable bonds is 6. The van der Waals surface area contributed by atoms with E-state index in [1.54, 1.807) is 6.20 Å². The third kappa shape index (κ3) is 5.85. The SMILES string of the molecule is I.NC(=NCc1cccc(OCc2ccccn2)c1)NC1CCOc2ccccc21. The van der Waals surface area contributed by atoms with Crippen LogP contribution in [0, 0.1) is 0 Å². The third-order valence-corrected chi connectivity index (χ3v) is 4.72. The molecule has 6 nitrogen and oxygen atoms in total. The molecule has 2 heterocycles. The Bertz CT molecular complexity index is 982. The van der Waals surface area contributed by atoms with Gasteiger partial charge in [-0.25, -0.2) is 4.99 Å². The van der Waals surface area contributed by atoms with Gasteiger partial charge in [0.1, 0.15) is 18.1 Å². The molecule has 7 heteroatoms. The van der Waals surface area contributed by atoms with Gasteiger partial charge in [0, 0.05) is 18.2 Å². The van der Waals surface area contributed by atoms with Crippen LogP contribution in [0.15, 0.2) is 77.9 Å². The second-order valence-electron chi connectivity index (χ2n) is 6.83. The summed E-state index contributed by atoms with van der Waals surface area (Å²) in [6.45, 7) is 1.57. The van der Waals surface area contributed by atoms with Crippen molar-refractivity contribution < 1.29 is 9.47 Å². The first-order chi connectivity index (χ1) is 14.3. The van der Waals surface area contributed by atoms with Gasteiger partial charge < -0.3 is 20.5 Å². The minimum absolute atomic E-state index is 0. The Morgan fingerprint density at radius 3 is 2.87 bits per heavy atom. The Morgan fingerprint density at radius 1 is 1.13 bits per heavy atom. The summed E-state index contributed by atoms with van der Waals surface area (Å²) in [6.07, 6.45) is 2.61. The number of nitrogens with one attached hydrogen (secondary N) is 1. The van der Waals surface area contributed by atoms with Crippen molar-refractivity contribution in [2.75, 3.05) is 6.61 Å². The highest BCUT2D eigenvalue weighted by molar-refractivity contribution is 14.0. The van der Waals surface area contributed by atoms with Gasteiger partial charge in [-0.2, -0.15) is 0 Å². The predicted octanol–water partition coefficient (Wildman–Crippen LogP) is 4.21. The van der Waals surface area contributed by atoms with E-state index in [0.29, 0.717) is 25.7 Å². The number of ether oxygens (including phenoxy) is 2. The van der Waals surface area contributed by atoms with E-state index in [4.69, 9.17) is 15.2 Å². The summed E-state index contributed by atoms with van der Waals surface area (Å²) in [5, 5.41) is 3.31. The lowest BCUT2D eigenvalue weighted by molar-refractivity contribution is 0.262. The Hall–Kier alpha value is -2.81. The number of nitrogens with zero attached hydrogens (tertiary/aromatic N) is 2. The van der Waals surface area contributed by atoms with E-state index in [-0.39, 0.29) is 30.0 Å². The summed E-state index contributed by atoms with van der Waals surface area (Å²) in [7, 11) is 0. The van der Waals surface area contributed by atoms with Crippen LogP contribution in [0.2, 0.25) is 0 Å². The van der Waals surface area contributed by atoms with Crippen molar-refractivity contribution in [3.05, 3.63) is 89.7 Å². The summed E-state index contributed by atoms with van der Waals surface area (Å²) in [6, 6.07) is 21.8. The second kappa shape index (κ2) is 10.8. The molecule has 0 fully saturated rings. The molecular formula is C23H25IN4O2. The molecule has 0 saturated carbocycles. The van der Waals surface area contributed by atoms with Crippen LogP contribution in [0.5, 0.6) is 11.5 Å². The number of halogens is 1. The lowest BCUT2D eigenvalue weighted by Crippen LogP contribution is -2.37. The number of pyridine rings is 1. The lowest BCUT2D eigenvalue weighted by atomic mass is 10.0. The van der Waals surface area contributed by atoms with Crippen molar-refractivity contribution in [2.45, 2.75) is 25.6 Å². The highest BCUT2D eigenvalue weighted by Crippen LogP contribution is 2.31. The van der Waals surface area contributed by atoms with Crippen LogP contribution in [0.1, 0.15) is 29.3 Å². The zero-order valence-corrected chi connectivity index (χ0v) is 18.9. The lowest BCUT2D eigenvalue weighted by Gasteiger charge is -2.26. The molecule has 0 bridgehead atoms. The number of aliphatic imine (C=N–C) groups is 1. The largest absolute Gasteiger partial charge is 0.493 e. The smallest absolute Gasteiger partial charge is 0.189 e. The van der Waals surface area contributed by atoms with Crippen molar-refractivity contribution in [3.8, 4) is 11.5 Å². The molecule has 0 aliphatic carbocycles. The predicted molar refractivity (Wildman–Crippen MR) is 128 cm³/mol. The van der Waals surface area contributed by atoms with E-state index < -0.39 is 0 Å². The van der Waals surface area contributed by atoms with Gasteiger partial charge in [-0.1, -0.05) is 36.4 Å². The Labute approximate surface area is 193 Å². The van der Waals surface area contributed by atoms with Gasteiger partial charge >= 0.3 is 0 Å². The molecule has 1 aliphatic heterocycles. The average molecular weight is 516 g/mol. The van der Waals surface area contributed by atoms with E-state index in [0.717, 1.165) is 34.7 Å². The van der Waals surface area contributed by atoms with Gasteiger partial charge in [-0.3, -0.25) is 4.98 Å². The normalized spacial score (nSPS) is 15.3. The number of aromatic nitrogens is 1. The van der Waals surface area contributed by atoms with Crippen LogP contribution in [-0.4, -0.2) is 17.6 Å². The first-order valence-corrected chi connectivity index (χ1v) is 9.68. The first-order valence-electron chi connectivity index (χ1n) is 9.68. The van der Waals surface area contributed by atoms with E-state index in [1.807, 2.05) is 60.7 Å². The Balaban J connectivity index is 0.00000256. The van der Waals surface area contributed by atoms with Gasteiger partial charge in [0.15, 0.2) is 5.96 Å². The quantitative estimate of drug-likeness (QED) is 0.292. The van der Waals surface area contributed by atoms with Crippen molar-refractivity contribution >= 4 is 29.9 Å². The highest BCUT2D eigenvalue weighted by atomic mass is 127. The molecule has 3 aromatic rings. The molecule has 2 aromatic carbocycles. The highest BCUT2D eigenvalue weighted by Gasteiger charge is 2.21. The molecule has 1 aliphatic rings. The maximum Gasteiger partial charge on any atom is 0.189 e. The van der Waals surface area contributed by atoms with Crippen LogP contribution < -0.4 is 20.5 Å². The molecule has 156 valence electrons. The molecule has 0 saturated heterocycles. The minimum Gasteiger partial charge on any atom is -0.493 e. The second-order valence-corrected chi connectivity index (χ2v) is 6.83. The summed E-state index contributed by atoms with van der Waals surface area (Å²) in [5.74, 6) is 2.11. The maximum absolute atomic E-state index is 6.14. The summed E-state index contributed by atoms with van der Waals surface area (Å²) in [4.78, 5) is 8.76. The molecule has 1 atom stereocenters. The van der Waals surface area contributed by atoms with Gasteiger partial charge in [-0.05, 0) is 35.9 Å². The number of nitrogens with two attached hydrogens (primary N) is 1. The monoisotopic (exact) mass is 516 g/mol. The number of guanidine groups is 1. The van der Waals surface area contributed by atoms with Gasteiger partial charge in [0.25, 0.3) is 0 Å². The number of benzene rings is 2. The molecule has 1 aromatic heterocycles. The first kappa shape index (κ1) is 21.9. The summed E-state index contributed by atoms with van der Waals surface area (Å²) >= 11 is 0. The van der Waals surface area contributed by atoms with Crippen LogP contribution in [0.3, 0.4) is 0 Å². The Kier molecular flexibility index (Phi) is 7.89. The number of hydrogen-bond acceptors (Lipinski definition) is 4. The summed E-state index contributed by atoms with van der Waals surface area (Å²) < 4.78 is 11.5. The third-order valence-electron chi connectivity index (χ3n) is 4.72. The standard InChI is InChI=1S/C23H24N4O2.HI/c24-23(27-21-11-13-28-22-10-2-1-9-20(21)22)26-15-17-6-5-8-19(14-17)29-16-18-7-3-4-12-25-18;/h1-10,12,14,21H,11,13,15-16H2,(H3,24,26,27);1H. The molecule has 1 unspecified atom stereocenters. The van der Waals surface area contributed by atoms with E-state index in [2.05, 4.69) is 21.4 Å². The van der Waals surface area contributed by atoms with Crippen molar-refractivity contribution in [1.29, 1.82) is 0 Å². The van der Waals surface area contributed by atoms with Gasteiger partial charge in [0.2, 0.25) is 0 Å². The molecule has 0 radical (unpaired) electrons. The van der Waals surface area contributed by atoms with Crippen LogP contribution in [0.25, 0.3) is 0 Å². The van der Waals surface area contributed by atoms with Gasteiger partial charge in [-0.15, -0.1) is 24.0 Å². The van der Waals surface area contributed by atoms with Crippen LogP contribution in [-0.2, 0) is 13.2 Å². The minimum atomic E-state index is 0. The molecule has 0 amide bonds. The van der Waals surface area contributed by atoms with Crippen LogP contribution >= 0.6 is 24.0 Å². The summed E-state index contributed by atoms with van der Waals surface area (Å²) in [5.41, 5.74) is 9.17. The van der Waals surface area contributed by atoms with Crippen molar-refractivity contribution in [2.24, 2.45) is 10.7 Å². The van der Waals surface area contributed by atoms with Crippen molar-refractivity contribution in [3.63, 3.8) is 0 Å².